The molecule has 0 aliphatic heterocycles. The molecule has 0 aliphatic rings. The van der Waals surface area contributed by atoms with E-state index in [2.05, 4.69) is 10.4 Å². The van der Waals surface area contributed by atoms with E-state index >= 15 is 0 Å². The summed E-state index contributed by atoms with van der Waals surface area (Å²) in [5.74, 6) is -0.652. The molecule has 2 aromatic rings. The minimum Gasteiger partial charge on any atom is -0.322 e. The minimum absolute atomic E-state index is 0.313. The molecule has 98 valence electrons. The van der Waals surface area contributed by atoms with Gasteiger partial charge in [0.1, 0.15) is 5.82 Å². The Morgan fingerprint density at radius 1 is 1.47 bits per heavy atom. The number of carbonyl (C=O) groups is 1. The highest BCUT2D eigenvalue weighted by molar-refractivity contribution is 6.01. The van der Waals surface area contributed by atoms with Crippen molar-refractivity contribution in [3.05, 3.63) is 53.6 Å². The van der Waals surface area contributed by atoms with Gasteiger partial charge in [-0.05, 0) is 30.7 Å². The van der Waals surface area contributed by atoms with E-state index in [1.54, 1.807) is 49.3 Å². The zero-order chi connectivity index (χ0) is 13.8. The highest BCUT2D eigenvalue weighted by Gasteiger charge is 2.02. The summed E-state index contributed by atoms with van der Waals surface area (Å²) in [4.78, 5) is 11.6. The van der Waals surface area contributed by atoms with Crippen molar-refractivity contribution in [3.8, 4) is 0 Å². The number of carbonyl (C=O) groups excluding carboxylic acids is 1. The first-order valence-corrected chi connectivity index (χ1v) is 5.78. The molecule has 0 aliphatic carbocycles. The number of aromatic nitrogens is 2. The van der Waals surface area contributed by atoms with Crippen molar-refractivity contribution >= 4 is 17.7 Å². The predicted molar refractivity (Wildman–Crippen MR) is 72.0 cm³/mol. The lowest BCUT2D eigenvalue weighted by Gasteiger charge is -2.03. The third-order valence-electron chi connectivity index (χ3n) is 2.59. The fourth-order valence-electron chi connectivity index (χ4n) is 1.55. The van der Waals surface area contributed by atoms with Gasteiger partial charge in [-0.3, -0.25) is 9.48 Å². The normalized spacial score (nSPS) is 10.9. The standard InChI is InChI=1S/C14H14FN3O/c1-10-3-5-12(7-13(10)15)17-14(19)6-4-11-8-16-18(2)9-11/h3-9H,1-2H3,(H,17,19)/b6-4+. The van der Waals surface area contributed by atoms with Crippen LogP contribution in [0.25, 0.3) is 6.08 Å². The maximum absolute atomic E-state index is 13.3. The number of benzene rings is 1. The lowest BCUT2D eigenvalue weighted by atomic mass is 10.2. The number of hydrogen-bond donors (Lipinski definition) is 1. The molecule has 0 saturated carbocycles. The SMILES string of the molecule is Cc1ccc(NC(=O)/C=C/c2cnn(C)c2)cc1F. The molecule has 0 atom stereocenters. The van der Waals surface area contributed by atoms with Gasteiger partial charge in [0.2, 0.25) is 5.91 Å². The smallest absolute Gasteiger partial charge is 0.248 e. The first kappa shape index (κ1) is 13.0. The maximum atomic E-state index is 13.3. The lowest BCUT2D eigenvalue weighted by molar-refractivity contribution is -0.111. The summed E-state index contributed by atoms with van der Waals surface area (Å²) < 4.78 is 14.9. The van der Waals surface area contributed by atoms with E-state index in [1.807, 2.05) is 0 Å². The van der Waals surface area contributed by atoms with E-state index in [4.69, 9.17) is 0 Å². The summed E-state index contributed by atoms with van der Waals surface area (Å²) in [5, 5.41) is 6.58. The average Bonchev–Trinajstić information content (AvgIpc) is 2.77. The van der Waals surface area contributed by atoms with Crippen LogP contribution in [0, 0.1) is 12.7 Å². The third-order valence-corrected chi connectivity index (χ3v) is 2.59. The second-order valence-corrected chi connectivity index (χ2v) is 4.23. The highest BCUT2D eigenvalue weighted by atomic mass is 19.1. The molecule has 0 spiro atoms. The summed E-state index contributed by atoms with van der Waals surface area (Å²) in [6.45, 7) is 1.67. The van der Waals surface area contributed by atoms with Crippen molar-refractivity contribution in [2.45, 2.75) is 6.92 Å². The molecule has 0 bridgehead atoms. The molecule has 0 fully saturated rings. The molecule has 1 aromatic carbocycles. The fraction of sp³-hybridized carbons (Fsp3) is 0.143. The Morgan fingerprint density at radius 3 is 2.89 bits per heavy atom. The van der Waals surface area contributed by atoms with E-state index in [0.717, 1.165) is 5.56 Å². The zero-order valence-electron chi connectivity index (χ0n) is 10.7. The number of nitrogens with zero attached hydrogens (tertiary/aromatic N) is 2. The number of rotatable bonds is 3. The van der Waals surface area contributed by atoms with Gasteiger partial charge in [-0.1, -0.05) is 6.07 Å². The summed E-state index contributed by atoms with van der Waals surface area (Å²) in [7, 11) is 1.80. The Bertz CT molecular complexity index is 631. The molecule has 1 N–H and O–H groups in total. The minimum atomic E-state index is -0.339. The Kier molecular flexibility index (Phi) is 3.75. The topological polar surface area (TPSA) is 46.9 Å². The summed E-state index contributed by atoms with van der Waals surface area (Å²) >= 11 is 0. The molecule has 1 amide bonds. The molecule has 19 heavy (non-hydrogen) atoms. The van der Waals surface area contributed by atoms with Crippen LogP contribution < -0.4 is 5.32 Å². The van der Waals surface area contributed by atoms with Crippen molar-refractivity contribution in [2.24, 2.45) is 7.05 Å². The summed E-state index contributed by atoms with van der Waals surface area (Å²) in [6, 6.07) is 4.58. The van der Waals surface area contributed by atoms with Crippen LogP contribution in [0.5, 0.6) is 0 Å². The fourth-order valence-corrected chi connectivity index (χ4v) is 1.55. The number of halogens is 1. The van der Waals surface area contributed by atoms with E-state index in [-0.39, 0.29) is 11.7 Å². The second kappa shape index (κ2) is 5.48. The third kappa shape index (κ3) is 3.51. The van der Waals surface area contributed by atoms with Gasteiger partial charge in [0.05, 0.1) is 6.20 Å². The van der Waals surface area contributed by atoms with E-state index in [0.29, 0.717) is 11.3 Å². The number of amides is 1. The molecule has 2 rings (SSSR count). The van der Waals surface area contributed by atoms with Gasteiger partial charge in [0, 0.05) is 30.6 Å². The summed E-state index contributed by atoms with van der Waals surface area (Å²) in [5.41, 5.74) is 1.81. The number of hydrogen-bond acceptors (Lipinski definition) is 2. The van der Waals surface area contributed by atoms with Crippen LogP contribution in [0.4, 0.5) is 10.1 Å². The van der Waals surface area contributed by atoms with Crippen LogP contribution in [0.1, 0.15) is 11.1 Å². The zero-order valence-corrected chi connectivity index (χ0v) is 10.7. The highest BCUT2D eigenvalue weighted by Crippen LogP contribution is 2.13. The van der Waals surface area contributed by atoms with Crippen molar-refractivity contribution < 1.29 is 9.18 Å². The quantitative estimate of drug-likeness (QED) is 0.861. The Balaban J connectivity index is 2.01. The molecule has 0 radical (unpaired) electrons. The largest absolute Gasteiger partial charge is 0.322 e. The van der Waals surface area contributed by atoms with Crippen molar-refractivity contribution in [1.82, 2.24) is 9.78 Å². The van der Waals surface area contributed by atoms with Gasteiger partial charge in [0.25, 0.3) is 0 Å². The Labute approximate surface area is 110 Å². The van der Waals surface area contributed by atoms with Crippen LogP contribution in [-0.2, 0) is 11.8 Å². The van der Waals surface area contributed by atoms with Gasteiger partial charge in [0.15, 0.2) is 0 Å². The van der Waals surface area contributed by atoms with Crippen LogP contribution in [-0.4, -0.2) is 15.7 Å². The summed E-state index contributed by atoms with van der Waals surface area (Å²) in [6.07, 6.45) is 6.46. The molecule has 0 saturated heterocycles. The van der Waals surface area contributed by atoms with E-state index < -0.39 is 0 Å². The monoisotopic (exact) mass is 259 g/mol. The second-order valence-electron chi connectivity index (χ2n) is 4.23. The first-order valence-electron chi connectivity index (χ1n) is 5.78. The van der Waals surface area contributed by atoms with Crippen molar-refractivity contribution in [1.29, 1.82) is 0 Å². The van der Waals surface area contributed by atoms with Crippen LogP contribution in [0.3, 0.4) is 0 Å². The lowest BCUT2D eigenvalue weighted by Crippen LogP contribution is -2.07. The number of anilines is 1. The Hall–Kier alpha value is -2.43. The molecule has 0 unspecified atom stereocenters. The molecular formula is C14H14FN3O. The first-order chi connectivity index (χ1) is 9.04. The molecule has 1 heterocycles. The molecule has 5 heteroatoms. The van der Waals surface area contributed by atoms with Gasteiger partial charge >= 0.3 is 0 Å². The van der Waals surface area contributed by atoms with E-state index in [9.17, 15) is 9.18 Å². The molecular weight excluding hydrogens is 245 g/mol. The van der Waals surface area contributed by atoms with Gasteiger partial charge in [-0.15, -0.1) is 0 Å². The van der Waals surface area contributed by atoms with Crippen LogP contribution >= 0.6 is 0 Å². The number of nitrogens with one attached hydrogen (secondary N) is 1. The van der Waals surface area contributed by atoms with Crippen LogP contribution in [0.2, 0.25) is 0 Å². The molecule has 4 nitrogen and oxygen atoms in total. The predicted octanol–water partition coefficient (Wildman–Crippen LogP) is 2.52. The van der Waals surface area contributed by atoms with E-state index in [1.165, 1.54) is 12.1 Å². The molecule has 1 aromatic heterocycles. The maximum Gasteiger partial charge on any atom is 0.248 e. The van der Waals surface area contributed by atoms with Gasteiger partial charge in [-0.2, -0.15) is 5.10 Å². The number of aryl methyl sites for hydroxylation is 2. The van der Waals surface area contributed by atoms with Crippen molar-refractivity contribution in [2.75, 3.05) is 5.32 Å². The van der Waals surface area contributed by atoms with Crippen LogP contribution in [0.15, 0.2) is 36.7 Å². The van der Waals surface area contributed by atoms with Crippen molar-refractivity contribution in [3.63, 3.8) is 0 Å². The van der Waals surface area contributed by atoms with Gasteiger partial charge in [-0.25, -0.2) is 4.39 Å². The Morgan fingerprint density at radius 2 is 2.26 bits per heavy atom. The average molecular weight is 259 g/mol. The van der Waals surface area contributed by atoms with Gasteiger partial charge < -0.3 is 5.32 Å².